The number of fused-ring (bicyclic) bond motifs is 1. The third-order valence-electron chi connectivity index (χ3n) is 3.17. The molecule has 1 aromatic carbocycles. The summed E-state index contributed by atoms with van der Waals surface area (Å²) in [5, 5.41) is 7.26. The third kappa shape index (κ3) is 1.55. The largest absolute Gasteiger partial charge is 0.384 e. The number of hydrogen-bond acceptors (Lipinski definition) is 3. The average molecular weight is 242 g/mol. The maximum atomic E-state index is 11.5. The van der Waals surface area contributed by atoms with Crippen LogP contribution in [0.2, 0.25) is 0 Å². The number of carbonyl (C=O) groups is 1. The van der Waals surface area contributed by atoms with E-state index in [2.05, 4.69) is 10.4 Å². The lowest BCUT2D eigenvalue weighted by atomic mass is 10.0. The second kappa shape index (κ2) is 3.60. The number of carbonyl (C=O) groups excluding carboxylic acids is 1. The summed E-state index contributed by atoms with van der Waals surface area (Å²) in [5.74, 6) is 0.630. The Bertz CT molecular complexity index is 638. The Morgan fingerprint density at radius 3 is 2.83 bits per heavy atom. The van der Waals surface area contributed by atoms with Gasteiger partial charge in [-0.1, -0.05) is 11.6 Å². The highest BCUT2D eigenvalue weighted by Gasteiger charge is 2.23. The summed E-state index contributed by atoms with van der Waals surface area (Å²) in [7, 11) is 1.80. The maximum Gasteiger partial charge on any atom is 0.228 e. The van der Waals surface area contributed by atoms with Gasteiger partial charge in [-0.3, -0.25) is 9.48 Å². The first-order valence-corrected chi connectivity index (χ1v) is 5.78. The molecule has 1 aliphatic heterocycles. The third-order valence-corrected chi connectivity index (χ3v) is 3.17. The molecule has 0 bridgehead atoms. The number of rotatable bonds is 1. The number of nitrogen functional groups attached to an aromatic ring is 1. The smallest absolute Gasteiger partial charge is 0.228 e. The van der Waals surface area contributed by atoms with Crippen LogP contribution in [0.3, 0.4) is 0 Å². The van der Waals surface area contributed by atoms with Crippen LogP contribution in [-0.2, 0) is 18.3 Å². The van der Waals surface area contributed by atoms with Gasteiger partial charge >= 0.3 is 0 Å². The monoisotopic (exact) mass is 242 g/mol. The molecule has 5 heteroatoms. The van der Waals surface area contributed by atoms with Gasteiger partial charge in [-0.25, -0.2) is 0 Å². The summed E-state index contributed by atoms with van der Waals surface area (Å²) in [6.45, 7) is 2.01. The molecule has 1 aliphatic rings. The van der Waals surface area contributed by atoms with Crippen molar-refractivity contribution in [1.82, 2.24) is 9.78 Å². The molecule has 1 amide bonds. The van der Waals surface area contributed by atoms with E-state index in [1.807, 2.05) is 25.1 Å². The van der Waals surface area contributed by atoms with Crippen LogP contribution in [0, 0.1) is 6.92 Å². The molecule has 0 atom stereocenters. The minimum Gasteiger partial charge on any atom is -0.384 e. The molecule has 0 fully saturated rings. The lowest BCUT2D eigenvalue weighted by molar-refractivity contribution is -0.115. The second-order valence-corrected chi connectivity index (χ2v) is 4.65. The summed E-state index contributed by atoms with van der Waals surface area (Å²) in [5.41, 5.74) is 10.5. The first kappa shape index (κ1) is 10.8. The minimum absolute atomic E-state index is 0.0285. The highest BCUT2D eigenvalue weighted by molar-refractivity contribution is 6.03. The molecule has 2 aromatic rings. The average Bonchev–Trinajstić information content (AvgIpc) is 2.81. The molecule has 3 rings (SSSR count). The predicted octanol–water partition coefficient (Wildman–Crippen LogP) is 1.47. The van der Waals surface area contributed by atoms with E-state index in [9.17, 15) is 4.79 Å². The zero-order valence-electron chi connectivity index (χ0n) is 10.3. The van der Waals surface area contributed by atoms with Crippen molar-refractivity contribution in [3.8, 4) is 11.3 Å². The lowest BCUT2D eigenvalue weighted by Crippen LogP contribution is -2.04. The Morgan fingerprint density at radius 2 is 2.17 bits per heavy atom. The Kier molecular flexibility index (Phi) is 2.16. The zero-order chi connectivity index (χ0) is 12.9. The van der Waals surface area contributed by atoms with Crippen LogP contribution in [0.25, 0.3) is 11.3 Å². The number of aryl methyl sites for hydroxylation is 2. The summed E-state index contributed by atoms with van der Waals surface area (Å²) >= 11 is 0. The van der Waals surface area contributed by atoms with Gasteiger partial charge in [0.25, 0.3) is 0 Å². The molecule has 0 spiro atoms. The first-order chi connectivity index (χ1) is 8.54. The van der Waals surface area contributed by atoms with Crippen molar-refractivity contribution in [2.75, 3.05) is 11.1 Å². The zero-order valence-corrected chi connectivity index (χ0v) is 10.3. The molecule has 0 saturated carbocycles. The quantitative estimate of drug-likeness (QED) is 0.795. The van der Waals surface area contributed by atoms with E-state index in [0.29, 0.717) is 12.2 Å². The van der Waals surface area contributed by atoms with E-state index in [0.717, 1.165) is 28.1 Å². The molecule has 2 heterocycles. The van der Waals surface area contributed by atoms with Gasteiger partial charge in [0, 0.05) is 18.7 Å². The lowest BCUT2D eigenvalue weighted by Gasteiger charge is -2.07. The van der Waals surface area contributed by atoms with Crippen molar-refractivity contribution in [1.29, 1.82) is 0 Å². The van der Waals surface area contributed by atoms with Gasteiger partial charge < -0.3 is 11.1 Å². The van der Waals surface area contributed by atoms with Crippen LogP contribution in [-0.4, -0.2) is 15.7 Å². The molecular weight excluding hydrogens is 228 g/mol. The Morgan fingerprint density at radius 1 is 1.39 bits per heavy atom. The van der Waals surface area contributed by atoms with Crippen LogP contribution in [0.15, 0.2) is 18.2 Å². The Labute approximate surface area is 105 Å². The highest BCUT2D eigenvalue weighted by Crippen LogP contribution is 2.35. The van der Waals surface area contributed by atoms with Crippen LogP contribution < -0.4 is 11.1 Å². The van der Waals surface area contributed by atoms with Crippen LogP contribution in [0.4, 0.5) is 11.5 Å². The van der Waals surface area contributed by atoms with E-state index >= 15 is 0 Å². The first-order valence-electron chi connectivity index (χ1n) is 5.78. The van der Waals surface area contributed by atoms with Gasteiger partial charge in [0.2, 0.25) is 5.91 Å². The van der Waals surface area contributed by atoms with Crippen molar-refractivity contribution in [3.05, 3.63) is 29.3 Å². The maximum absolute atomic E-state index is 11.5. The molecule has 3 N–H and O–H groups in total. The normalized spacial score (nSPS) is 13.6. The fourth-order valence-electron chi connectivity index (χ4n) is 2.32. The van der Waals surface area contributed by atoms with Crippen LogP contribution in [0.5, 0.6) is 0 Å². The van der Waals surface area contributed by atoms with Gasteiger partial charge in [0.1, 0.15) is 5.82 Å². The van der Waals surface area contributed by atoms with Crippen molar-refractivity contribution in [2.24, 2.45) is 7.05 Å². The van der Waals surface area contributed by atoms with Crippen LogP contribution >= 0.6 is 0 Å². The van der Waals surface area contributed by atoms with Crippen molar-refractivity contribution < 1.29 is 4.79 Å². The van der Waals surface area contributed by atoms with E-state index in [-0.39, 0.29) is 5.91 Å². The second-order valence-electron chi connectivity index (χ2n) is 4.65. The standard InChI is InChI=1S/C13H14N4O/c1-7-3-8-5-12(18)15-13(8)9(4-7)10-6-11(14)17(2)16-10/h3-4,6H,5,14H2,1-2H3,(H,15,18). The summed E-state index contributed by atoms with van der Waals surface area (Å²) < 4.78 is 1.63. The number of benzene rings is 1. The van der Waals surface area contributed by atoms with Gasteiger partial charge in [0.05, 0.1) is 17.8 Å². The minimum atomic E-state index is 0.0285. The van der Waals surface area contributed by atoms with Crippen molar-refractivity contribution in [3.63, 3.8) is 0 Å². The Hall–Kier alpha value is -2.30. The molecule has 5 nitrogen and oxygen atoms in total. The molecule has 92 valence electrons. The van der Waals surface area contributed by atoms with Gasteiger partial charge in [-0.15, -0.1) is 0 Å². The fourth-order valence-corrected chi connectivity index (χ4v) is 2.32. The number of aromatic nitrogens is 2. The fraction of sp³-hybridized carbons (Fsp3) is 0.231. The molecule has 18 heavy (non-hydrogen) atoms. The van der Waals surface area contributed by atoms with Gasteiger partial charge in [-0.2, -0.15) is 5.10 Å². The predicted molar refractivity (Wildman–Crippen MR) is 70.1 cm³/mol. The van der Waals surface area contributed by atoms with Crippen molar-refractivity contribution >= 4 is 17.4 Å². The number of nitrogens with zero attached hydrogens (tertiary/aromatic N) is 2. The van der Waals surface area contributed by atoms with Gasteiger partial charge in [0.15, 0.2) is 0 Å². The number of hydrogen-bond donors (Lipinski definition) is 2. The van der Waals surface area contributed by atoms with E-state index < -0.39 is 0 Å². The molecule has 0 saturated heterocycles. The summed E-state index contributed by atoms with van der Waals surface area (Å²) in [6, 6.07) is 5.87. The number of amides is 1. The SMILES string of the molecule is Cc1cc2c(c(-c3cc(N)n(C)n3)c1)NC(=O)C2. The number of nitrogens with one attached hydrogen (secondary N) is 1. The van der Waals surface area contributed by atoms with E-state index in [4.69, 9.17) is 5.73 Å². The molecule has 1 aromatic heterocycles. The van der Waals surface area contributed by atoms with E-state index in [1.165, 1.54) is 0 Å². The van der Waals surface area contributed by atoms with Gasteiger partial charge in [-0.05, 0) is 18.6 Å². The Balaban J connectivity index is 2.21. The molecule has 0 aliphatic carbocycles. The highest BCUT2D eigenvalue weighted by atomic mass is 16.1. The van der Waals surface area contributed by atoms with Crippen LogP contribution in [0.1, 0.15) is 11.1 Å². The molecule has 0 unspecified atom stereocenters. The summed E-state index contributed by atoms with van der Waals surface area (Å²) in [4.78, 5) is 11.5. The van der Waals surface area contributed by atoms with E-state index in [1.54, 1.807) is 11.7 Å². The summed E-state index contributed by atoms with van der Waals surface area (Å²) in [6.07, 6.45) is 0.437. The number of anilines is 2. The number of nitrogens with two attached hydrogens (primary N) is 1. The molecule has 0 radical (unpaired) electrons. The topological polar surface area (TPSA) is 72.9 Å². The van der Waals surface area contributed by atoms with Crippen molar-refractivity contribution in [2.45, 2.75) is 13.3 Å². The molecular formula is C13H14N4O.